The van der Waals surface area contributed by atoms with Crippen molar-refractivity contribution in [1.29, 1.82) is 0 Å². The molecule has 2 heterocycles. The fourth-order valence-corrected chi connectivity index (χ4v) is 4.07. The molecular weight excluding hydrogens is 386 g/mol. The number of fused-ring (bicyclic) bond motifs is 2. The number of nitrogens with one attached hydrogen (secondary N) is 1. The lowest BCUT2D eigenvalue weighted by molar-refractivity contribution is 0.0748. The highest BCUT2D eigenvalue weighted by Crippen LogP contribution is 2.31. The first-order valence-electron chi connectivity index (χ1n) is 9.39. The van der Waals surface area contributed by atoms with E-state index in [1.165, 1.54) is 0 Å². The molecule has 0 bridgehead atoms. The molecule has 4 aromatic rings. The van der Waals surface area contributed by atoms with Crippen molar-refractivity contribution in [2.45, 2.75) is 19.5 Å². The number of aromatic nitrogens is 2. The lowest BCUT2D eigenvalue weighted by Crippen LogP contribution is -2.25. The molecule has 5 nitrogen and oxygen atoms in total. The number of hydrogen-bond acceptors (Lipinski definition) is 3. The van der Waals surface area contributed by atoms with Crippen LogP contribution in [0.2, 0.25) is 5.02 Å². The smallest absolute Gasteiger partial charge is 0.258 e. The number of amides is 1. The first-order chi connectivity index (χ1) is 14.1. The van der Waals surface area contributed by atoms with E-state index in [0.717, 1.165) is 27.8 Å². The van der Waals surface area contributed by atoms with Crippen molar-refractivity contribution in [2.24, 2.45) is 0 Å². The number of halogens is 1. The Balaban J connectivity index is 1.48. The molecule has 0 saturated carbocycles. The van der Waals surface area contributed by atoms with Crippen LogP contribution in [0.3, 0.4) is 0 Å². The summed E-state index contributed by atoms with van der Waals surface area (Å²) in [6, 6.07) is 19.0. The number of phenolic OH excluding ortho intramolecular Hbond substituents is 1. The Labute approximate surface area is 172 Å². The van der Waals surface area contributed by atoms with Crippen LogP contribution in [0.5, 0.6) is 5.75 Å². The average molecular weight is 404 g/mol. The monoisotopic (exact) mass is 403 g/mol. The van der Waals surface area contributed by atoms with E-state index >= 15 is 0 Å². The molecule has 1 aliphatic heterocycles. The maximum atomic E-state index is 13.2. The first kappa shape index (κ1) is 17.8. The summed E-state index contributed by atoms with van der Waals surface area (Å²) in [4.78, 5) is 14.9. The van der Waals surface area contributed by atoms with Crippen LogP contribution in [-0.2, 0) is 19.5 Å². The Bertz CT molecular complexity index is 1230. The van der Waals surface area contributed by atoms with Gasteiger partial charge >= 0.3 is 0 Å². The van der Waals surface area contributed by atoms with Crippen LogP contribution in [0.25, 0.3) is 10.9 Å². The zero-order chi connectivity index (χ0) is 20.0. The van der Waals surface area contributed by atoms with Gasteiger partial charge in [0.1, 0.15) is 5.75 Å². The molecule has 3 aromatic carbocycles. The van der Waals surface area contributed by atoms with Gasteiger partial charge in [0.25, 0.3) is 5.91 Å². The molecule has 144 valence electrons. The molecule has 0 radical (unpaired) electrons. The fourth-order valence-electron chi connectivity index (χ4n) is 3.88. The summed E-state index contributed by atoms with van der Waals surface area (Å²) < 4.78 is 0. The Morgan fingerprint density at radius 3 is 2.69 bits per heavy atom. The number of hydrogen-bond donors (Lipinski definition) is 2. The van der Waals surface area contributed by atoms with Gasteiger partial charge in [-0.3, -0.25) is 9.89 Å². The largest absolute Gasteiger partial charge is 0.507 e. The van der Waals surface area contributed by atoms with Crippen LogP contribution in [0, 0.1) is 0 Å². The van der Waals surface area contributed by atoms with Gasteiger partial charge < -0.3 is 10.0 Å². The van der Waals surface area contributed by atoms with Crippen molar-refractivity contribution < 1.29 is 9.90 Å². The van der Waals surface area contributed by atoms with Crippen LogP contribution in [0.1, 0.15) is 32.7 Å². The van der Waals surface area contributed by atoms with Crippen LogP contribution in [0.15, 0.2) is 60.7 Å². The standard InChI is InChI=1S/C23H18ClN3O2/c24-17-7-6-15-12-27(13-16(15)9-17)23(29)19-10-18-20(8-14-4-2-1-3-5-14)25-26-21(18)11-22(19)28/h1-7,9-11,28H,8,12-13H2,(H,25,26). The summed E-state index contributed by atoms with van der Waals surface area (Å²) in [6.07, 6.45) is 0.646. The number of nitrogens with zero attached hydrogens (tertiary/aromatic N) is 2. The molecule has 1 aromatic heterocycles. The number of carbonyl (C=O) groups is 1. The van der Waals surface area contributed by atoms with Crippen LogP contribution >= 0.6 is 11.6 Å². The van der Waals surface area contributed by atoms with Gasteiger partial charge in [0.05, 0.1) is 16.8 Å². The molecule has 5 rings (SSSR count). The Hall–Kier alpha value is -3.31. The van der Waals surface area contributed by atoms with E-state index in [9.17, 15) is 9.90 Å². The zero-order valence-electron chi connectivity index (χ0n) is 15.5. The van der Waals surface area contributed by atoms with Gasteiger partial charge in [-0.05, 0) is 34.9 Å². The van der Waals surface area contributed by atoms with Gasteiger partial charge in [-0.2, -0.15) is 5.10 Å². The molecule has 0 saturated heterocycles. The number of benzene rings is 3. The average Bonchev–Trinajstić information content (AvgIpc) is 3.31. The van der Waals surface area contributed by atoms with E-state index in [4.69, 9.17) is 11.6 Å². The Morgan fingerprint density at radius 1 is 1.07 bits per heavy atom. The molecule has 0 fully saturated rings. The third kappa shape index (κ3) is 3.23. The number of H-pyrrole nitrogens is 1. The lowest BCUT2D eigenvalue weighted by atomic mass is 10.0. The van der Waals surface area contributed by atoms with Crippen molar-refractivity contribution in [3.05, 3.63) is 93.6 Å². The van der Waals surface area contributed by atoms with Crippen molar-refractivity contribution in [2.75, 3.05) is 0 Å². The van der Waals surface area contributed by atoms with Gasteiger partial charge in [0, 0.05) is 36.0 Å². The number of carbonyl (C=O) groups excluding carboxylic acids is 1. The summed E-state index contributed by atoms with van der Waals surface area (Å²) >= 11 is 6.08. The summed E-state index contributed by atoms with van der Waals surface area (Å²) in [5, 5.41) is 19.3. The van der Waals surface area contributed by atoms with E-state index < -0.39 is 0 Å². The maximum absolute atomic E-state index is 13.2. The number of phenols is 1. The van der Waals surface area contributed by atoms with Crippen LogP contribution in [-0.4, -0.2) is 26.1 Å². The zero-order valence-corrected chi connectivity index (χ0v) is 16.3. The van der Waals surface area contributed by atoms with Crippen LogP contribution in [0.4, 0.5) is 0 Å². The van der Waals surface area contributed by atoms with Gasteiger partial charge in [-0.15, -0.1) is 0 Å². The molecule has 0 atom stereocenters. The topological polar surface area (TPSA) is 69.2 Å². The molecule has 29 heavy (non-hydrogen) atoms. The predicted octanol–water partition coefficient (Wildman–Crippen LogP) is 4.67. The molecule has 1 aliphatic rings. The summed E-state index contributed by atoms with van der Waals surface area (Å²) in [6.45, 7) is 0.986. The highest BCUT2D eigenvalue weighted by molar-refractivity contribution is 6.30. The fraction of sp³-hybridized carbons (Fsp3) is 0.130. The summed E-state index contributed by atoms with van der Waals surface area (Å²) in [7, 11) is 0. The second-order valence-corrected chi connectivity index (χ2v) is 7.76. The van der Waals surface area contributed by atoms with E-state index in [0.29, 0.717) is 30.0 Å². The molecule has 2 N–H and O–H groups in total. The minimum absolute atomic E-state index is 0.0496. The van der Waals surface area contributed by atoms with Crippen molar-refractivity contribution >= 4 is 28.4 Å². The van der Waals surface area contributed by atoms with Crippen molar-refractivity contribution in [3.63, 3.8) is 0 Å². The van der Waals surface area contributed by atoms with Crippen molar-refractivity contribution in [3.8, 4) is 5.75 Å². The lowest BCUT2D eigenvalue weighted by Gasteiger charge is -2.16. The van der Waals surface area contributed by atoms with E-state index in [1.807, 2.05) is 48.5 Å². The molecule has 0 aliphatic carbocycles. The Kier molecular flexibility index (Phi) is 4.25. The maximum Gasteiger partial charge on any atom is 0.258 e. The van der Waals surface area contributed by atoms with Gasteiger partial charge in [-0.1, -0.05) is 48.0 Å². The minimum Gasteiger partial charge on any atom is -0.507 e. The summed E-state index contributed by atoms with van der Waals surface area (Å²) in [5.74, 6) is -0.255. The molecule has 0 unspecified atom stereocenters. The van der Waals surface area contributed by atoms with Gasteiger partial charge in [0.15, 0.2) is 0 Å². The molecule has 1 amide bonds. The highest BCUT2D eigenvalue weighted by Gasteiger charge is 2.27. The van der Waals surface area contributed by atoms with E-state index in [-0.39, 0.29) is 17.2 Å². The first-order valence-corrected chi connectivity index (χ1v) is 9.77. The third-order valence-electron chi connectivity index (χ3n) is 5.38. The van der Waals surface area contributed by atoms with Gasteiger partial charge in [0.2, 0.25) is 0 Å². The van der Waals surface area contributed by atoms with E-state index in [2.05, 4.69) is 10.2 Å². The van der Waals surface area contributed by atoms with Gasteiger partial charge in [-0.25, -0.2) is 0 Å². The Morgan fingerprint density at radius 2 is 1.86 bits per heavy atom. The SMILES string of the molecule is O=C(c1cc2c(Cc3ccccc3)n[nH]c2cc1O)N1Cc2ccc(Cl)cc2C1. The third-order valence-corrected chi connectivity index (χ3v) is 5.62. The predicted molar refractivity (Wildman–Crippen MR) is 112 cm³/mol. The normalized spacial score (nSPS) is 13.1. The number of aromatic hydroxyl groups is 1. The molecular formula is C23H18ClN3O2. The molecule has 6 heteroatoms. The summed E-state index contributed by atoms with van der Waals surface area (Å²) in [5.41, 5.74) is 5.09. The minimum atomic E-state index is -0.205. The van der Waals surface area contributed by atoms with Crippen molar-refractivity contribution in [1.82, 2.24) is 15.1 Å². The highest BCUT2D eigenvalue weighted by atomic mass is 35.5. The second-order valence-electron chi connectivity index (χ2n) is 7.32. The molecule has 0 spiro atoms. The quantitative estimate of drug-likeness (QED) is 0.522. The number of rotatable bonds is 3. The second kappa shape index (κ2) is 6.94. The van der Waals surface area contributed by atoms with E-state index in [1.54, 1.807) is 17.0 Å². The van der Waals surface area contributed by atoms with Crippen LogP contribution < -0.4 is 0 Å². The number of aromatic amines is 1.